The van der Waals surface area contributed by atoms with E-state index in [1.165, 1.54) is 5.57 Å². The zero-order valence-electron chi connectivity index (χ0n) is 8.24. The second kappa shape index (κ2) is 5.20. The van der Waals surface area contributed by atoms with E-state index in [4.69, 9.17) is 10.8 Å². The highest BCUT2D eigenvalue weighted by molar-refractivity contribution is 5.24. The Morgan fingerprint density at radius 2 is 2.23 bits per heavy atom. The van der Waals surface area contributed by atoms with Crippen LogP contribution in [-0.4, -0.2) is 11.3 Å². The zero-order chi connectivity index (χ0) is 9.68. The highest BCUT2D eigenvalue weighted by Gasteiger charge is 2.08. The molecule has 0 bridgehead atoms. The summed E-state index contributed by atoms with van der Waals surface area (Å²) in [5.41, 5.74) is 6.68. The van der Waals surface area contributed by atoms with Gasteiger partial charge in [-0.15, -0.1) is 0 Å². The normalized spacial score (nSPS) is 21.0. The van der Waals surface area contributed by atoms with Crippen molar-refractivity contribution in [1.29, 1.82) is 0 Å². The molecule has 1 aliphatic rings. The van der Waals surface area contributed by atoms with Crippen molar-refractivity contribution in [2.75, 3.05) is 0 Å². The molecule has 3 N–H and O–H groups in total. The first-order valence-corrected chi connectivity index (χ1v) is 5.00. The van der Waals surface area contributed by atoms with Crippen LogP contribution in [0.3, 0.4) is 0 Å². The van der Waals surface area contributed by atoms with Gasteiger partial charge in [0.15, 0.2) is 0 Å². The molecule has 2 unspecified atom stereocenters. The van der Waals surface area contributed by atoms with Gasteiger partial charge in [-0.25, -0.2) is 0 Å². The summed E-state index contributed by atoms with van der Waals surface area (Å²) in [7, 11) is 0. The van der Waals surface area contributed by atoms with Crippen molar-refractivity contribution in [3.05, 3.63) is 23.8 Å². The summed E-state index contributed by atoms with van der Waals surface area (Å²) < 4.78 is 0. The summed E-state index contributed by atoms with van der Waals surface area (Å²) in [6, 6.07) is 0. The molecule has 0 amide bonds. The van der Waals surface area contributed by atoms with Gasteiger partial charge in [-0.1, -0.05) is 25.2 Å². The fourth-order valence-electron chi connectivity index (χ4n) is 1.59. The largest absolute Gasteiger partial charge is 0.379 e. The van der Waals surface area contributed by atoms with Crippen molar-refractivity contribution >= 4 is 0 Å². The number of aliphatic hydroxyl groups is 1. The fraction of sp³-hybridized carbons (Fsp3) is 0.636. The Morgan fingerprint density at radius 3 is 2.77 bits per heavy atom. The van der Waals surface area contributed by atoms with E-state index in [0.717, 1.165) is 19.3 Å². The molecule has 74 valence electrons. The molecular weight excluding hydrogens is 162 g/mol. The minimum absolute atomic E-state index is 0.523. The molecule has 0 aromatic heterocycles. The topological polar surface area (TPSA) is 46.2 Å². The Morgan fingerprint density at radius 1 is 1.46 bits per heavy atom. The third-order valence-corrected chi connectivity index (χ3v) is 2.49. The monoisotopic (exact) mass is 181 g/mol. The minimum atomic E-state index is -0.657. The highest BCUT2D eigenvalue weighted by Crippen LogP contribution is 2.22. The third-order valence-electron chi connectivity index (χ3n) is 2.49. The zero-order valence-corrected chi connectivity index (χ0v) is 8.24. The van der Waals surface area contributed by atoms with Crippen LogP contribution in [0.5, 0.6) is 0 Å². The highest BCUT2D eigenvalue weighted by atomic mass is 16.3. The Balaban J connectivity index is 2.34. The maximum Gasteiger partial charge on any atom is 0.102 e. The van der Waals surface area contributed by atoms with Crippen LogP contribution < -0.4 is 5.73 Å². The van der Waals surface area contributed by atoms with Crippen LogP contribution in [0.25, 0.3) is 0 Å². The number of aliphatic hydroxyl groups excluding tert-OH is 1. The maximum absolute atomic E-state index is 8.94. The van der Waals surface area contributed by atoms with Crippen molar-refractivity contribution in [3.8, 4) is 0 Å². The molecule has 2 nitrogen and oxygen atoms in total. The first-order chi connectivity index (χ1) is 6.20. The van der Waals surface area contributed by atoms with Crippen molar-refractivity contribution in [2.24, 2.45) is 11.7 Å². The molecule has 0 radical (unpaired) electrons. The van der Waals surface area contributed by atoms with Crippen LogP contribution in [0.15, 0.2) is 23.8 Å². The van der Waals surface area contributed by atoms with E-state index in [0.29, 0.717) is 12.3 Å². The van der Waals surface area contributed by atoms with E-state index in [1.807, 2.05) is 0 Å². The van der Waals surface area contributed by atoms with E-state index >= 15 is 0 Å². The lowest BCUT2D eigenvalue weighted by Crippen LogP contribution is -2.19. The molecule has 0 fully saturated rings. The fourth-order valence-corrected chi connectivity index (χ4v) is 1.59. The molecule has 13 heavy (non-hydrogen) atoms. The molecule has 0 saturated carbocycles. The number of hydrogen-bond acceptors (Lipinski definition) is 2. The molecule has 0 saturated heterocycles. The molecule has 2 heteroatoms. The molecule has 0 spiro atoms. The molecule has 1 aliphatic carbocycles. The lowest BCUT2D eigenvalue weighted by atomic mass is 9.92. The molecule has 0 aromatic rings. The van der Waals surface area contributed by atoms with Gasteiger partial charge in [0.25, 0.3) is 0 Å². The smallest absolute Gasteiger partial charge is 0.102 e. The number of rotatable bonds is 4. The van der Waals surface area contributed by atoms with Gasteiger partial charge >= 0.3 is 0 Å². The molecular formula is C11H19NO. The number of allylic oxidation sites excluding steroid dienone is 4. The summed E-state index contributed by atoms with van der Waals surface area (Å²) in [4.78, 5) is 0. The minimum Gasteiger partial charge on any atom is -0.379 e. The van der Waals surface area contributed by atoms with Crippen LogP contribution in [0, 0.1) is 5.92 Å². The maximum atomic E-state index is 8.94. The van der Waals surface area contributed by atoms with Gasteiger partial charge in [0.1, 0.15) is 6.23 Å². The summed E-state index contributed by atoms with van der Waals surface area (Å²) in [5, 5.41) is 8.94. The average molecular weight is 181 g/mol. The van der Waals surface area contributed by atoms with E-state index in [2.05, 4.69) is 25.2 Å². The summed E-state index contributed by atoms with van der Waals surface area (Å²) in [6.45, 7) is 2.18. The van der Waals surface area contributed by atoms with Gasteiger partial charge < -0.3 is 10.8 Å². The number of hydrogen-bond donors (Lipinski definition) is 2. The Kier molecular flexibility index (Phi) is 4.19. The van der Waals surface area contributed by atoms with Crippen molar-refractivity contribution in [3.63, 3.8) is 0 Å². The molecule has 1 rings (SSSR count). The van der Waals surface area contributed by atoms with Crippen molar-refractivity contribution < 1.29 is 5.11 Å². The van der Waals surface area contributed by atoms with E-state index in [1.54, 1.807) is 0 Å². The first-order valence-electron chi connectivity index (χ1n) is 5.00. The predicted molar refractivity (Wildman–Crippen MR) is 55.0 cm³/mol. The lowest BCUT2D eigenvalue weighted by Gasteiger charge is -2.16. The Labute approximate surface area is 80.1 Å². The van der Waals surface area contributed by atoms with E-state index in [-0.39, 0.29) is 0 Å². The van der Waals surface area contributed by atoms with Gasteiger partial charge in [0, 0.05) is 0 Å². The first kappa shape index (κ1) is 10.5. The quantitative estimate of drug-likeness (QED) is 0.651. The van der Waals surface area contributed by atoms with E-state index < -0.39 is 6.23 Å². The SMILES string of the molecule is CC(CCC(N)O)C1=CCCC=C1. The molecule has 0 heterocycles. The average Bonchev–Trinajstić information content (AvgIpc) is 2.15. The number of nitrogens with two attached hydrogens (primary N) is 1. The van der Waals surface area contributed by atoms with E-state index in [9.17, 15) is 0 Å². The van der Waals surface area contributed by atoms with Gasteiger partial charge in [0.05, 0.1) is 0 Å². The van der Waals surface area contributed by atoms with Gasteiger partial charge in [-0.3, -0.25) is 0 Å². The summed E-state index contributed by atoms with van der Waals surface area (Å²) >= 11 is 0. The Bertz CT molecular complexity index is 206. The molecule has 2 atom stereocenters. The molecule has 0 aliphatic heterocycles. The van der Waals surface area contributed by atoms with Crippen LogP contribution >= 0.6 is 0 Å². The second-order valence-electron chi connectivity index (χ2n) is 3.73. The predicted octanol–water partition coefficient (Wildman–Crippen LogP) is 1.96. The molecule has 0 aromatic carbocycles. The van der Waals surface area contributed by atoms with Gasteiger partial charge in [-0.2, -0.15) is 0 Å². The van der Waals surface area contributed by atoms with Crippen molar-refractivity contribution in [2.45, 2.75) is 38.8 Å². The van der Waals surface area contributed by atoms with Crippen LogP contribution in [0.4, 0.5) is 0 Å². The van der Waals surface area contributed by atoms with Gasteiger partial charge in [-0.05, 0) is 37.2 Å². The van der Waals surface area contributed by atoms with Crippen LogP contribution in [0.2, 0.25) is 0 Å². The Hall–Kier alpha value is -0.600. The van der Waals surface area contributed by atoms with Crippen molar-refractivity contribution in [1.82, 2.24) is 0 Å². The lowest BCUT2D eigenvalue weighted by molar-refractivity contribution is 0.165. The van der Waals surface area contributed by atoms with Crippen LogP contribution in [-0.2, 0) is 0 Å². The summed E-state index contributed by atoms with van der Waals surface area (Å²) in [5.74, 6) is 0.523. The van der Waals surface area contributed by atoms with Crippen LogP contribution in [0.1, 0.15) is 32.6 Å². The van der Waals surface area contributed by atoms with Gasteiger partial charge in [0.2, 0.25) is 0 Å². The summed E-state index contributed by atoms with van der Waals surface area (Å²) in [6.07, 6.45) is 10.0. The second-order valence-corrected chi connectivity index (χ2v) is 3.73. The standard InChI is InChI=1S/C11H19NO/c1-9(7-8-11(12)13)10-5-3-2-4-6-10/h3,5-6,9,11,13H,2,4,7-8,12H2,1H3. The third kappa shape index (κ3) is 3.75.